The van der Waals surface area contributed by atoms with E-state index in [4.69, 9.17) is 4.74 Å². The molecule has 0 aliphatic heterocycles. The Kier molecular flexibility index (Phi) is 5.72. The number of benzene rings is 1. The molecule has 0 N–H and O–H groups in total. The lowest BCUT2D eigenvalue weighted by Crippen LogP contribution is -2.18. The molecule has 20 heavy (non-hydrogen) atoms. The van der Waals surface area contributed by atoms with Crippen molar-refractivity contribution in [3.63, 3.8) is 0 Å². The molecule has 0 amide bonds. The summed E-state index contributed by atoms with van der Waals surface area (Å²) >= 11 is 1.74. The lowest BCUT2D eigenvalue weighted by atomic mass is 9.85. The molecular formula is C17H22O2S. The van der Waals surface area contributed by atoms with Gasteiger partial charge in [0, 0.05) is 16.9 Å². The topological polar surface area (TPSA) is 26.3 Å². The van der Waals surface area contributed by atoms with Crippen LogP contribution in [-0.4, -0.2) is 18.8 Å². The maximum atomic E-state index is 11.3. The summed E-state index contributed by atoms with van der Waals surface area (Å²) < 4.78 is 5.31. The molecule has 1 aliphatic rings. The largest absolute Gasteiger partial charge is 0.462 e. The second kappa shape index (κ2) is 7.53. The maximum absolute atomic E-state index is 11.3. The van der Waals surface area contributed by atoms with Gasteiger partial charge in [-0.15, -0.1) is 11.8 Å². The first-order valence-corrected chi connectivity index (χ1v) is 8.40. The van der Waals surface area contributed by atoms with Gasteiger partial charge in [0.05, 0.1) is 6.61 Å². The van der Waals surface area contributed by atoms with Crippen molar-refractivity contribution in [2.75, 3.05) is 12.9 Å². The average molecular weight is 290 g/mol. The third kappa shape index (κ3) is 3.89. The molecule has 1 aromatic carbocycles. The van der Waals surface area contributed by atoms with Crippen LogP contribution in [0.15, 0.2) is 41.8 Å². The van der Waals surface area contributed by atoms with E-state index >= 15 is 0 Å². The van der Waals surface area contributed by atoms with Crippen molar-refractivity contribution in [3.05, 3.63) is 42.5 Å². The Morgan fingerprint density at radius 2 is 2.05 bits per heavy atom. The van der Waals surface area contributed by atoms with E-state index in [0.717, 1.165) is 0 Å². The van der Waals surface area contributed by atoms with Crippen LogP contribution in [0.25, 0.3) is 0 Å². The summed E-state index contributed by atoms with van der Waals surface area (Å²) in [4.78, 5) is 12.6. The number of hydrogen-bond donors (Lipinski definition) is 0. The molecule has 2 nitrogen and oxygen atoms in total. The average Bonchev–Trinajstić information content (AvgIpc) is 3.02. The van der Waals surface area contributed by atoms with Crippen molar-refractivity contribution in [1.82, 2.24) is 0 Å². The van der Waals surface area contributed by atoms with Crippen LogP contribution in [0.3, 0.4) is 0 Å². The molecule has 1 aromatic rings. The number of carbonyl (C=O) groups excluding carboxylic acids is 1. The van der Waals surface area contributed by atoms with Crippen molar-refractivity contribution in [3.8, 4) is 0 Å². The molecule has 3 heteroatoms. The summed E-state index contributed by atoms with van der Waals surface area (Å²) in [7, 11) is 0. The normalized spacial score (nSPS) is 16.9. The van der Waals surface area contributed by atoms with Crippen molar-refractivity contribution < 1.29 is 9.53 Å². The van der Waals surface area contributed by atoms with Crippen LogP contribution in [0.1, 0.15) is 37.2 Å². The molecule has 1 aliphatic carbocycles. The van der Waals surface area contributed by atoms with Gasteiger partial charge >= 0.3 is 5.97 Å². The highest BCUT2D eigenvalue weighted by Crippen LogP contribution is 2.38. The zero-order valence-electron chi connectivity index (χ0n) is 12.0. The Morgan fingerprint density at radius 3 is 2.60 bits per heavy atom. The summed E-state index contributed by atoms with van der Waals surface area (Å²) in [6.45, 7) is 3.92. The molecule has 0 aromatic heterocycles. The minimum Gasteiger partial charge on any atom is -0.462 e. The molecule has 2 rings (SSSR count). The Labute approximate surface area is 125 Å². The highest BCUT2D eigenvalue weighted by atomic mass is 32.2. The molecule has 1 fully saturated rings. The van der Waals surface area contributed by atoms with Crippen molar-refractivity contribution in [2.45, 2.75) is 36.5 Å². The van der Waals surface area contributed by atoms with E-state index in [9.17, 15) is 4.79 Å². The predicted octanol–water partition coefficient (Wildman–Crippen LogP) is 4.41. The molecule has 108 valence electrons. The Hall–Kier alpha value is -1.22. The molecule has 0 heterocycles. The van der Waals surface area contributed by atoms with Crippen molar-refractivity contribution in [2.24, 2.45) is 5.92 Å². The number of thioether (sulfide) groups is 1. The summed E-state index contributed by atoms with van der Waals surface area (Å²) in [6.07, 6.45) is 8.37. The van der Waals surface area contributed by atoms with Crippen molar-refractivity contribution >= 4 is 17.7 Å². The molecule has 1 atom stereocenters. The Balaban J connectivity index is 2.11. The van der Waals surface area contributed by atoms with E-state index in [1.807, 2.05) is 0 Å². The summed E-state index contributed by atoms with van der Waals surface area (Å²) in [5.41, 5.74) is 1.28. The van der Waals surface area contributed by atoms with Gasteiger partial charge in [-0.25, -0.2) is 4.79 Å². The molecule has 0 spiro atoms. The van der Waals surface area contributed by atoms with E-state index in [0.29, 0.717) is 18.4 Å². The van der Waals surface area contributed by atoms with Crippen LogP contribution in [0.4, 0.5) is 0 Å². The zero-order valence-corrected chi connectivity index (χ0v) is 12.8. The van der Waals surface area contributed by atoms with Gasteiger partial charge in [-0.3, -0.25) is 0 Å². The summed E-state index contributed by atoms with van der Waals surface area (Å²) in [5, 5.41) is 0. The first kappa shape index (κ1) is 15.2. The van der Waals surface area contributed by atoms with Gasteiger partial charge in [0.15, 0.2) is 0 Å². The highest BCUT2D eigenvalue weighted by molar-refractivity contribution is 7.98. The maximum Gasteiger partial charge on any atom is 0.330 e. The number of esters is 1. The number of carbonyl (C=O) groups is 1. The van der Waals surface area contributed by atoms with E-state index in [1.54, 1.807) is 11.8 Å². The number of ether oxygens (including phenoxy) is 1. The quantitative estimate of drug-likeness (QED) is 0.441. The minimum atomic E-state index is -0.325. The monoisotopic (exact) mass is 290 g/mol. The van der Waals surface area contributed by atoms with E-state index in [2.05, 4.69) is 37.1 Å². The molecule has 1 saturated carbocycles. The second-order valence-corrected chi connectivity index (χ2v) is 6.14. The van der Waals surface area contributed by atoms with Crippen LogP contribution in [0, 0.1) is 5.92 Å². The lowest BCUT2D eigenvalue weighted by molar-refractivity contribution is -0.138. The third-order valence-electron chi connectivity index (χ3n) is 4.08. The van der Waals surface area contributed by atoms with Gasteiger partial charge in [-0.2, -0.15) is 0 Å². The van der Waals surface area contributed by atoms with E-state index < -0.39 is 0 Å². The SMILES string of the molecule is C=CC(=O)OCC(c1ccc(SC)cc1)C1CCCC1. The summed E-state index contributed by atoms with van der Waals surface area (Å²) in [5.74, 6) is 0.624. The number of rotatable bonds is 6. The molecule has 0 bridgehead atoms. The van der Waals surface area contributed by atoms with Gasteiger partial charge in [-0.1, -0.05) is 31.6 Å². The van der Waals surface area contributed by atoms with Crippen LogP contribution < -0.4 is 0 Å². The van der Waals surface area contributed by atoms with Gasteiger partial charge in [0.1, 0.15) is 0 Å². The molecule has 0 saturated heterocycles. The highest BCUT2D eigenvalue weighted by Gasteiger charge is 2.27. The minimum absolute atomic E-state index is 0.317. The molecule has 0 radical (unpaired) electrons. The fourth-order valence-electron chi connectivity index (χ4n) is 2.95. The number of hydrogen-bond acceptors (Lipinski definition) is 3. The second-order valence-electron chi connectivity index (χ2n) is 5.26. The lowest BCUT2D eigenvalue weighted by Gasteiger charge is -2.23. The Morgan fingerprint density at radius 1 is 1.40 bits per heavy atom. The fourth-order valence-corrected chi connectivity index (χ4v) is 3.35. The van der Waals surface area contributed by atoms with Crippen LogP contribution in [0.2, 0.25) is 0 Å². The summed E-state index contributed by atoms with van der Waals surface area (Å²) in [6, 6.07) is 8.65. The predicted molar refractivity (Wildman–Crippen MR) is 84.1 cm³/mol. The van der Waals surface area contributed by atoms with Gasteiger partial charge in [-0.05, 0) is 42.7 Å². The zero-order chi connectivity index (χ0) is 14.4. The van der Waals surface area contributed by atoms with E-state index in [1.165, 1.54) is 42.2 Å². The van der Waals surface area contributed by atoms with E-state index in [-0.39, 0.29) is 5.97 Å². The van der Waals surface area contributed by atoms with Crippen LogP contribution >= 0.6 is 11.8 Å². The fraction of sp³-hybridized carbons (Fsp3) is 0.471. The smallest absolute Gasteiger partial charge is 0.330 e. The van der Waals surface area contributed by atoms with Gasteiger partial charge < -0.3 is 4.74 Å². The Bertz CT molecular complexity index is 447. The van der Waals surface area contributed by atoms with Crippen LogP contribution in [-0.2, 0) is 9.53 Å². The van der Waals surface area contributed by atoms with Crippen molar-refractivity contribution in [1.29, 1.82) is 0 Å². The molecule has 1 unspecified atom stereocenters. The van der Waals surface area contributed by atoms with Crippen LogP contribution in [0.5, 0.6) is 0 Å². The molecular weight excluding hydrogens is 268 g/mol. The first-order chi connectivity index (χ1) is 9.74. The standard InChI is InChI=1S/C17H22O2S/c1-3-17(18)19-12-16(13-6-4-5-7-13)14-8-10-15(20-2)11-9-14/h3,8-11,13,16H,1,4-7,12H2,2H3. The third-order valence-corrected chi connectivity index (χ3v) is 4.83. The first-order valence-electron chi connectivity index (χ1n) is 7.17. The van der Waals surface area contributed by atoms with Gasteiger partial charge in [0.25, 0.3) is 0 Å². The van der Waals surface area contributed by atoms with Gasteiger partial charge in [0.2, 0.25) is 0 Å².